The second-order valence-electron chi connectivity index (χ2n) is 5.84. The van der Waals surface area contributed by atoms with Gasteiger partial charge in [-0.05, 0) is 37.1 Å². The summed E-state index contributed by atoms with van der Waals surface area (Å²) in [4.78, 5) is 1.94. The Hall–Kier alpha value is -2.37. The van der Waals surface area contributed by atoms with E-state index in [0.717, 1.165) is 16.9 Å². The van der Waals surface area contributed by atoms with Crippen LogP contribution < -0.4 is 9.58 Å². The van der Waals surface area contributed by atoms with E-state index >= 15 is 0 Å². The highest BCUT2D eigenvalue weighted by Crippen LogP contribution is 2.25. The zero-order chi connectivity index (χ0) is 19.3. The van der Waals surface area contributed by atoms with E-state index in [4.69, 9.17) is 0 Å². The standard InChI is InChI=1S/C15H22N6O4S/c1-12-10-13(19(2)8-5-9-25-26(22,23)24)6-7-14(12)17-18-15-20(3)11-16-21(15)4/h6-7,10-11H,5,8-9H2,1-4H3. The van der Waals surface area contributed by atoms with Crippen molar-refractivity contribution in [2.24, 2.45) is 24.3 Å². The summed E-state index contributed by atoms with van der Waals surface area (Å²) in [5.74, 6) is 0.624. The summed E-state index contributed by atoms with van der Waals surface area (Å²) >= 11 is 0. The number of aromatic nitrogens is 3. The molecule has 2 rings (SSSR count). The van der Waals surface area contributed by atoms with Crippen LogP contribution in [-0.2, 0) is 28.7 Å². The Bertz CT molecular complexity index is 874. The van der Waals surface area contributed by atoms with Gasteiger partial charge in [0.05, 0.1) is 20.7 Å². The predicted molar refractivity (Wildman–Crippen MR) is 93.3 cm³/mol. The van der Waals surface area contributed by atoms with Crippen LogP contribution in [0.15, 0.2) is 34.8 Å². The molecular formula is C15H22N6O4S. The average Bonchev–Trinajstić information content (AvgIpc) is 2.88. The lowest BCUT2D eigenvalue weighted by Crippen LogP contribution is -2.29. The molecule has 0 aliphatic heterocycles. The Balaban J connectivity index is 2.00. The summed E-state index contributed by atoms with van der Waals surface area (Å²) in [6.07, 6.45) is 2.07. The van der Waals surface area contributed by atoms with Gasteiger partial charge in [0.15, 0.2) is 6.33 Å². The molecule has 10 nitrogen and oxygen atoms in total. The molecule has 0 amide bonds. The summed E-state index contributed by atoms with van der Waals surface area (Å²) in [6, 6.07) is 5.72. The van der Waals surface area contributed by atoms with Gasteiger partial charge in [-0.2, -0.15) is 0 Å². The molecule has 1 aromatic heterocycles. The Morgan fingerprint density at radius 3 is 2.69 bits per heavy atom. The molecule has 0 unspecified atom stereocenters. The van der Waals surface area contributed by atoms with Crippen LogP contribution >= 0.6 is 0 Å². The summed E-state index contributed by atoms with van der Waals surface area (Å²) in [7, 11) is 0.877. The van der Waals surface area contributed by atoms with E-state index in [1.165, 1.54) is 0 Å². The highest BCUT2D eigenvalue weighted by molar-refractivity contribution is 7.80. The maximum absolute atomic E-state index is 10.4. The quantitative estimate of drug-likeness (QED) is 0.223. The first-order valence-electron chi connectivity index (χ1n) is 7.89. The molecule has 0 bridgehead atoms. The highest BCUT2D eigenvalue weighted by atomic mass is 32.3. The van der Waals surface area contributed by atoms with Gasteiger partial charge in [-0.1, -0.05) is 10.2 Å². The lowest BCUT2D eigenvalue weighted by atomic mass is 10.1. The third kappa shape index (κ3) is 5.58. The van der Waals surface area contributed by atoms with Crippen molar-refractivity contribution in [1.29, 1.82) is 0 Å². The molecule has 2 aromatic rings. The van der Waals surface area contributed by atoms with Crippen molar-refractivity contribution >= 4 is 27.7 Å². The zero-order valence-electron chi connectivity index (χ0n) is 15.2. The normalized spacial score (nSPS) is 12.0. The van der Waals surface area contributed by atoms with E-state index in [1.807, 2.05) is 44.1 Å². The van der Waals surface area contributed by atoms with Crippen molar-refractivity contribution in [2.75, 3.05) is 25.1 Å². The van der Waals surface area contributed by atoms with Gasteiger partial charge in [-0.3, -0.25) is 4.18 Å². The lowest BCUT2D eigenvalue weighted by Gasteiger charge is -2.20. The van der Waals surface area contributed by atoms with Crippen molar-refractivity contribution in [2.45, 2.75) is 13.3 Å². The SMILES string of the molecule is Cc1cc(N(C)CCCOS(=O)(=O)[O-])ccc1N=Nc1n(C)cn[n+]1C. The topological polar surface area (TPSA) is 116 Å². The number of azo groups is 1. The van der Waals surface area contributed by atoms with Crippen LogP contribution in [0.2, 0.25) is 0 Å². The van der Waals surface area contributed by atoms with Crippen LogP contribution in [0.5, 0.6) is 0 Å². The van der Waals surface area contributed by atoms with Gasteiger partial charge in [-0.15, -0.1) is 4.68 Å². The van der Waals surface area contributed by atoms with Crippen molar-refractivity contribution < 1.29 is 21.8 Å². The molecule has 11 heteroatoms. The number of benzene rings is 1. The Kier molecular flexibility index (Phi) is 6.40. The molecule has 0 aliphatic carbocycles. The molecule has 1 heterocycles. The van der Waals surface area contributed by atoms with E-state index in [9.17, 15) is 13.0 Å². The number of rotatable bonds is 8. The fraction of sp³-hybridized carbons (Fsp3) is 0.467. The smallest absolute Gasteiger partial charge is 0.441 e. The van der Waals surface area contributed by atoms with E-state index in [-0.39, 0.29) is 6.61 Å². The van der Waals surface area contributed by atoms with Gasteiger partial charge in [0.25, 0.3) is 0 Å². The van der Waals surface area contributed by atoms with Crippen LogP contribution in [0.1, 0.15) is 12.0 Å². The molecule has 0 saturated carbocycles. The van der Waals surface area contributed by atoms with E-state index in [2.05, 4.69) is 19.5 Å². The molecule has 0 atom stereocenters. The number of hydrogen-bond donors (Lipinski definition) is 0. The first-order chi connectivity index (χ1) is 12.2. The maximum Gasteiger partial charge on any atom is 0.441 e. The number of hydrogen-bond acceptors (Lipinski definition) is 8. The fourth-order valence-electron chi connectivity index (χ4n) is 2.30. The van der Waals surface area contributed by atoms with Gasteiger partial charge in [0, 0.05) is 24.4 Å². The summed E-state index contributed by atoms with van der Waals surface area (Å²) in [5, 5.41) is 12.6. The highest BCUT2D eigenvalue weighted by Gasteiger charge is 2.13. The van der Waals surface area contributed by atoms with Crippen molar-refractivity contribution in [3.05, 3.63) is 30.1 Å². The largest absolute Gasteiger partial charge is 0.726 e. The van der Waals surface area contributed by atoms with Gasteiger partial charge in [-0.25, -0.2) is 13.0 Å². The van der Waals surface area contributed by atoms with E-state index in [0.29, 0.717) is 18.9 Å². The van der Waals surface area contributed by atoms with Crippen molar-refractivity contribution in [3.8, 4) is 0 Å². The zero-order valence-corrected chi connectivity index (χ0v) is 16.0. The second-order valence-corrected chi connectivity index (χ2v) is 6.89. The molecule has 0 spiro atoms. The number of nitrogens with zero attached hydrogens (tertiary/aromatic N) is 6. The molecule has 1 aromatic carbocycles. The minimum Gasteiger partial charge on any atom is -0.726 e. The van der Waals surface area contributed by atoms with Gasteiger partial charge < -0.3 is 9.45 Å². The first-order valence-corrected chi connectivity index (χ1v) is 9.22. The Morgan fingerprint density at radius 1 is 1.38 bits per heavy atom. The molecular weight excluding hydrogens is 360 g/mol. The molecule has 0 radical (unpaired) electrons. The molecule has 0 aliphatic rings. The van der Waals surface area contributed by atoms with Gasteiger partial charge in [0.2, 0.25) is 10.4 Å². The molecule has 0 N–H and O–H groups in total. The van der Waals surface area contributed by atoms with Crippen molar-refractivity contribution in [3.63, 3.8) is 0 Å². The second kappa shape index (κ2) is 8.34. The Morgan fingerprint density at radius 2 is 2.12 bits per heavy atom. The molecule has 26 heavy (non-hydrogen) atoms. The summed E-state index contributed by atoms with van der Waals surface area (Å²) in [6.45, 7) is 2.34. The summed E-state index contributed by atoms with van der Waals surface area (Å²) < 4.78 is 38.8. The molecule has 142 valence electrons. The average molecular weight is 382 g/mol. The predicted octanol–water partition coefficient (Wildman–Crippen LogP) is 1.27. The maximum atomic E-state index is 10.4. The minimum absolute atomic E-state index is 0.136. The van der Waals surface area contributed by atoms with E-state index < -0.39 is 10.4 Å². The fourth-order valence-corrected chi connectivity index (χ4v) is 2.62. The van der Waals surface area contributed by atoms with Crippen molar-refractivity contribution in [1.82, 2.24) is 9.67 Å². The minimum atomic E-state index is -4.63. The number of aryl methyl sites for hydroxylation is 3. The first kappa shape index (κ1) is 19.9. The van der Waals surface area contributed by atoms with Crippen LogP contribution in [-0.4, -0.2) is 42.8 Å². The molecule has 0 saturated heterocycles. The third-order valence-corrected chi connectivity index (χ3v) is 4.19. The Labute approximate surface area is 152 Å². The van der Waals surface area contributed by atoms with E-state index in [1.54, 1.807) is 22.6 Å². The van der Waals surface area contributed by atoms with Gasteiger partial charge >= 0.3 is 5.95 Å². The summed E-state index contributed by atoms with van der Waals surface area (Å²) in [5.41, 5.74) is 2.63. The van der Waals surface area contributed by atoms with Gasteiger partial charge in [0.1, 0.15) is 5.69 Å². The van der Waals surface area contributed by atoms with Crippen LogP contribution in [0.4, 0.5) is 17.3 Å². The van der Waals surface area contributed by atoms with Crippen LogP contribution in [0, 0.1) is 6.92 Å². The number of anilines is 1. The monoisotopic (exact) mass is 382 g/mol. The van der Waals surface area contributed by atoms with Crippen LogP contribution in [0.25, 0.3) is 0 Å². The molecule has 0 fully saturated rings. The third-order valence-electron chi connectivity index (χ3n) is 3.74. The van der Waals surface area contributed by atoms with Crippen LogP contribution in [0.3, 0.4) is 0 Å². The lowest BCUT2D eigenvalue weighted by molar-refractivity contribution is -0.716.